The van der Waals surface area contributed by atoms with Gasteiger partial charge < -0.3 is 5.11 Å². The van der Waals surface area contributed by atoms with Gasteiger partial charge in [-0.3, -0.25) is 0 Å². The minimum atomic E-state index is -0.964. The van der Waals surface area contributed by atoms with Crippen LogP contribution in [0, 0.1) is 32.5 Å². The van der Waals surface area contributed by atoms with Gasteiger partial charge in [-0.2, -0.15) is 0 Å². The Balaban J connectivity index is 1.96. The number of carbonyl (C=O) groups is 1. The molecule has 0 bridgehead atoms. The van der Waals surface area contributed by atoms with Crippen LogP contribution in [-0.4, -0.2) is 11.1 Å². The van der Waals surface area contributed by atoms with E-state index >= 15 is 0 Å². The van der Waals surface area contributed by atoms with E-state index in [0.29, 0.717) is 5.92 Å². The highest BCUT2D eigenvalue weighted by molar-refractivity contribution is 6.00. The van der Waals surface area contributed by atoms with Crippen molar-refractivity contribution >= 4 is 23.2 Å². The minimum Gasteiger partial charge on any atom is -0.478 e. The zero-order valence-corrected chi connectivity index (χ0v) is 19.4. The molecule has 0 unspecified atom stereocenters. The van der Waals surface area contributed by atoms with Gasteiger partial charge in [-0.15, -0.1) is 0 Å². The van der Waals surface area contributed by atoms with Crippen LogP contribution in [0.2, 0.25) is 0 Å². The minimum absolute atomic E-state index is 0.216. The van der Waals surface area contributed by atoms with Crippen molar-refractivity contribution in [3.05, 3.63) is 112 Å². The second kappa shape index (κ2) is 9.58. The molecule has 2 nitrogen and oxygen atoms in total. The molecule has 1 aliphatic rings. The lowest BCUT2D eigenvalue weighted by molar-refractivity contribution is -0.131. The molecule has 3 heteroatoms. The number of benzene rings is 3. The van der Waals surface area contributed by atoms with Crippen LogP contribution in [0.15, 0.2) is 66.7 Å². The number of halogens is 1. The van der Waals surface area contributed by atoms with Gasteiger partial charge in [0.2, 0.25) is 0 Å². The predicted molar refractivity (Wildman–Crippen MR) is 133 cm³/mol. The van der Waals surface area contributed by atoms with Gasteiger partial charge in [0.1, 0.15) is 5.82 Å². The quantitative estimate of drug-likeness (QED) is 0.316. The van der Waals surface area contributed by atoms with E-state index in [1.165, 1.54) is 28.7 Å². The molecule has 1 aliphatic carbocycles. The largest absolute Gasteiger partial charge is 0.478 e. The standard InChI is InChI=1S/C30H29FO2/c1-19-7-11-25(17-20(19)2)29(24-12-8-22(9-13-24)10-16-28(32)33)30(23-5-4-6-23)27-15-14-26(31)18-21(27)3/h7-18,23H,4-6H2,1-3H3,(H,32,33)/b16-10+,30-29+. The van der Waals surface area contributed by atoms with Crippen LogP contribution in [0.1, 0.15) is 58.2 Å². The third-order valence-electron chi connectivity index (χ3n) is 6.67. The molecule has 3 aromatic rings. The van der Waals surface area contributed by atoms with E-state index in [-0.39, 0.29) is 5.82 Å². The Hall–Kier alpha value is -3.46. The number of allylic oxidation sites excluding steroid dienone is 1. The summed E-state index contributed by atoms with van der Waals surface area (Å²) in [5.41, 5.74) is 10.0. The average molecular weight is 441 g/mol. The fraction of sp³-hybridized carbons (Fsp3) is 0.233. The Morgan fingerprint density at radius 3 is 2.15 bits per heavy atom. The van der Waals surface area contributed by atoms with Gasteiger partial charge in [0.15, 0.2) is 0 Å². The van der Waals surface area contributed by atoms with E-state index in [1.54, 1.807) is 18.2 Å². The first-order valence-corrected chi connectivity index (χ1v) is 11.4. The fourth-order valence-electron chi connectivity index (χ4n) is 4.49. The van der Waals surface area contributed by atoms with Gasteiger partial charge in [-0.25, -0.2) is 9.18 Å². The lowest BCUT2D eigenvalue weighted by Gasteiger charge is -2.32. The summed E-state index contributed by atoms with van der Waals surface area (Å²) in [4.78, 5) is 10.9. The highest BCUT2D eigenvalue weighted by atomic mass is 19.1. The summed E-state index contributed by atoms with van der Waals surface area (Å²) in [6.45, 7) is 6.22. The molecule has 0 atom stereocenters. The topological polar surface area (TPSA) is 37.3 Å². The molecule has 0 aliphatic heterocycles. The summed E-state index contributed by atoms with van der Waals surface area (Å²) in [6.07, 6.45) is 6.20. The van der Waals surface area contributed by atoms with Gasteiger partial charge >= 0.3 is 5.97 Å². The van der Waals surface area contributed by atoms with Crippen molar-refractivity contribution in [2.45, 2.75) is 40.0 Å². The van der Waals surface area contributed by atoms with Crippen molar-refractivity contribution in [3.63, 3.8) is 0 Å². The van der Waals surface area contributed by atoms with Crippen molar-refractivity contribution in [3.8, 4) is 0 Å². The molecule has 0 spiro atoms. The van der Waals surface area contributed by atoms with Crippen LogP contribution < -0.4 is 0 Å². The molecule has 1 saturated carbocycles. The number of aliphatic carboxylic acids is 1. The maximum Gasteiger partial charge on any atom is 0.328 e. The Bertz CT molecular complexity index is 1240. The second-order valence-electron chi connectivity index (χ2n) is 8.97. The Morgan fingerprint density at radius 1 is 0.879 bits per heavy atom. The molecule has 0 aromatic heterocycles. The van der Waals surface area contributed by atoms with E-state index < -0.39 is 5.97 Å². The Labute approximate surface area is 195 Å². The predicted octanol–water partition coefficient (Wildman–Crippen LogP) is 7.61. The lowest BCUT2D eigenvalue weighted by atomic mass is 9.72. The third kappa shape index (κ3) is 4.98. The molecule has 4 rings (SSSR count). The van der Waals surface area contributed by atoms with Crippen LogP contribution in [0.5, 0.6) is 0 Å². The molecule has 0 amide bonds. The zero-order chi connectivity index (χ0) is 23.5. The molecule has 1 fully saturated rings. The molecule has 0 saturated heterocycles. The zero-order valence-electron chi connectivity index (χ0n) is 19.4. The van der Waals surface area contributed by atoms with Gasteiger partial charge in [-0.05, 0) is 108 Å². The summed E-state index contributed by atoms with van der Waals surface area (Å²) in [5, 5.41) is 8.93. The Morgan fingerprint density at radius 2 is 1.58 bits per heavy atom. The van der Waals surface area contributed by atoms with Gasteiger partial charge in [-0.1, -0.05) is 55.0 Å². The van der Waals surface area contributed by atoms with Crippen molar-refractivity contribution in [1.82, 2.24) is 0 Å². The van der Waals surface area contributed by atoms with Crippen LogP contribution in [-0.2, 0) is 4.79 Å². The molecule has 168 valence electrons. The van der Waals surface area contributed by atoms with Crippen molar-refractivity contribution in [2.24, 2.45) is 5.92 Å². The number of rotatable bonds is 6. The number of aryl methyl sites for hydroxylation is 3. The second-order valence-corrected chi connectivity index (χ2v) is 8.97. The Kier molecular flexibility index (Phi) is 6.60. The van der Waals surface area contributed by atoms with Crippen molar-refractivity contribution < 1.29 is 14.3 Å². The van der Waals surface area contributed by atoms with Crippen LogP contribution >= 0.6 is 0 Å². The smallest absolute Gasteiger partial charge is 0.328 e. The van der Waals surface area contributed by atoms with Crippen LogP contribution in [0.3, 0.4) is 0 Å². The van der Waals surface area contributed by atoms with Crippen molar-refractivity contribution in [1.29, 1.82) is 0 Å². The monoisotopic (exact) mass is 440 g/mol. The molecule has 0 radical (unpaired) electrons. The summed E-state index contributed by atoms with van der Waals surface area (Å²) in [6, 6.07) is 19.7. The molecule has 3 aromatic carbocycles. The highest BCUT2D eigenvalue weighted by Crippen LogP contribution is 2.46. The summed E-state index contributed by atoms with van der Waals surface area (Å²) in [5.74, 6) is -0.752. The first-order valence-electron chi connectivity index (χ1n) is 11.4. The number of hydrogen-bond donors (Lipinski definition) is 1. The molecule has 0 heterocycles. The SMILES string of the molecule is Cc1ccc(/C(=C(/c2ccc(F)cc2C)C2CCC2)c2ccc(/C=C/C(=O)O)cc2)cc1C. The normalized spacial score (nSPS) is 14.8. The van der Waals surface area contributed by atoms with Gasteiger partial charge in [0, 0.05) is 6.08 Å². The summed E-state index contributed by atoms with van der Waals surface area (Å²) < 4.78 is 14.0. The summed E-state index contributed by atoms with van der Waals surface area (Å²) >= 11 is 0. The first kappa shape index (κ1) is 22.7. The molecule has 33 heavy (non-hydrogen) atoms. The fourth-order valence-corrected chi connectivity index (χ4v) is 4.49. The van der Waals surface area contributed by atoms with Crippen LogP contribution in [0.4, 0.5) is 4.39 Å². The first-order chi connectivity index (χ1) is 15.8. The van der Waals surface area contributed by atoms with Gasteiger partial charge in [0.25, 0.3) is 0 Å². The van der Waals surface area contributed by atoms with E-state index in [0.717, 1.165) is 46.7 Å². The molecule has 1 N–H and O–H groups in total. The maximum atomic E-state index is 14.0. The molecular weight excluding hydrogens is 411 g/mol. The number of carboxylic acids is 1. The van der Waals surface area contributed by atoms with E-state index in [4.69, 9.17) is 5.11 Å². The van der Waals surface area contributed by atoms with Crippen LogP contribution in [0.25, 0.3) is 17.2 Å². The summed E-state index contributed by atoms with van der Waals surface area (Å²) in [7, 11) is 0. The lowest BCUT2D eigenvalue weighted by Crippen LogP contribution is -2.16. The number of hydrogen-bond acceptors (Lipinski definition) is 1. The van der Waals surface area contributed by atoms with Crippen molar-refractivity contribution in [2.75, 3.05) is 0 Å². The van der Waals surface area contributed by atoms with E-state index in [2.05, 4.69) is 44.2 Å². The van der Waals surface area contributed by atoms with Gasteiger partial charge in [0.05, 0.1) is 0 Å². The van der Waals surface area contributed by atoms with E-state index in [9.17, 15) is 9.18 Å². The highest BCUT2D eigenvalue weighted by Gasteiger charge is 2.28. The molecular formula is C30H29FO2. The third-order valence-corrected chi connectivity index (χ3v) is 6.67. The average Bonchev–Trinajstić information content (AvgIpc) is 2.74. The maximum absolute atomic E-state index is 14.0. The van der Waals surface area contributed by atoms with E-state index in [1.807, 2.05) is 25.1 Å². The number of carboxylic acid groups (broad SMARTS) is 1.